The second-order valence-corrected chi connectivity index (χ2v) is 6.28. The second-order valence-electron chi connectivity index (χ2n) is 6.28. The minimum Gasteiger partial charge on any atom is -0.497 e. The van der Waals surface area contributed by atoms with Crippen molar-refractivity contribution in [3.8, 4) is 11.4 Å². The summed E-state index contributed by atoms with van der Waals surface area (Å²) in [6.45, 7) is 7.73. The Morgan fingerprint density at radius 2 is 2.12 bits per heavy atom. The molecule has 0 radical (unpaired) electrons. The highest BCUT2D eigenvalue weighted by atomic mass is 16.5. The molecular formula is C20H22N4O2. The van der Waals surface area contributed by atoms with E-state index in [-0.39, 0.29) is 5.91 Å². The van der Waals surface area contributed by atoms with E-state index in [1.165, 1.54) is 0 Å². The zero-order valence-corrected chi connectivity index (χ0v) is 15.2. The number of carbonyl (C=O) groups is 1. The molecule has 3 rings (SSSR count). The van der Waals surface area contributed by atoms with E-state index in [4.69, 9.17) is 4.74 Å². The zero-order valence-electron chi connectivity index (χ0n) is 15.2. The Bertz CT molecular complexity index is 922. The van der Waals surface area contributed by atoms with Crippen LogP contribution in [0.3, 0.4) is 0 Å². The van der Waals surface area contributed by atoms with Crippen molar-refractivity contribution in [1.29, 1.82) is 0 Å². The monoisotopic (exact) mass is 350 g/mol. The van der Waals surface area contributed by atoms with Crippen LogP contribution in [0.5, 0.6) is 5.75 Å². The molecule has 0 atom stereocenters. The number of benzene rings is 1. The summed E-state index contributed by atoms with van der Waals surface area (Å²) in [6, 6.07) is 5.87. The van der Waals surface area contributed by atoms with Gasteiger partial charge in [0.2, 0.25) is 0 Å². The molecule has 0 unspecified atom stereocenters. The number of imidazole rings is 1. The van der Waals surface area contributed by atoms with Crippen LogP contribution in [0.2, 0.25) is 0 Å². The first-order valence-corrected chi connectivity index (χ1v) is 8.19. The van der Waals surface area contributed by atoms with Crippen molar-refractivity contribution in [3.05, 3.63) is 78.2 Å². The van der Waals surface area contributed by atoms with Crippen molar-refractivity contribution in [2.75, 3.05) is 21.2 Å². The highest BCUT2D eigenvalue weighted by Crippen LogP contribution is 2.30. The average molecular weight is 350 g/mol. The van der Waals surface area contributed by atoms with Crippen molar-refractivity contribution in [2.45, 2.75) is 6.42 Å². The summed E-state index contributed by atoms with van der Waals surface area (Å²) < 4.78 is 7.20. The molecule has 6 nitrogen and oxygen atoms in total. The second kappa shape index (κ2) is 6.92. The summed E-state index contributed by atoms with van der Waals surface area (Å²) in [4.78, 5) is 18.7. The van der Waals surface area contributed by atoms with Crippen LogP contribution in [-0.4, -0.2) is 41.6 Å². The topological polar surface area (TPSA) is 59.4 Å². The number of methoxy groups -OCH3 is 1. The van der Waals surface area contributed by atoms with Crippen LogP contribution < -0.4 is 10.1 Å². The van der Waals surface area contributed by atoms with Gasteiger partial charge in [-0.2, -0.15) is 0 Å². The van der Waals surface area contributed by atoms with Crippen LogP contribution >= 0.6 is 0 Å². The van der Waals surface area contributed by atoms with Gasteiger partial charge in [-0.1, -0.05) is 13.2 Å². The SMILES string of the molecule is C=C(/C=C\C(=C)N(C)C)NC(=O)c1cn2c(n1)Cc1cc(OC)ccc1-2. The van der Waals surface area contributed by atoms with Gasteiger partial charge in [0.15, 0.2) is 0 Å². The van der Waals surface area contributed by atoms with E-state index in [0.29, 0.717) is 17.8 Å². The van der Waals surface area contributed by atoms with Gasteiger partial charge in [0, 0.05) is 38.1 Å². The number of nitrogens with zero attached hydrogens (tertiary/aromatic N) is 3. The average Bonchev–Trinajstić information content (AvgIpc) is 3.16. The molecule has 1 aliphatic heterocycles. The van der Waals surface area contributed by atoms with E-state index in [2.05, 4.69) is 23.5 Å². The first-order chi connectivity index (χ1) is 12.4. The molecule has 1 N–H and O–H groups in total. The van der Waals surface area contributed by atoms with E-state index in [1.807, 2.05) is 41.8 Å². The largest absolute Gasteiger partial charge is 0.497 e. The maximum atomic E-state index is 12.4. The maximum absolute atomic E-state index is 12.4. The number of carbonyl (C=O) groups excluding carboxylic acids is 1. The van der Waals surface area contributed by atoms with E-state index in [1.54, 1.807) is 25.5 Å². The van der Waals surface area contributed by atoms with Gasteiger partial charge in [-0.25, -0.2) is 4.98 Å². The first kappa shape index (κ1) is 17.5. The Labute approximate surface area is 153 Å². The molecule has 1 amide bonds. The van der Waals surface area contributed by atoms with Crippen LogP contribution in [0.25, 0.3) is 5.69 Å². The number of nitrogens with one attached hydrogen (secondary N) is 1. The van der Waals surface area contributed by atoms with Crippen LogP contribution in [-0.2, 0) is 6.42 Å². The van der Waals surface area contributed by atoms with Crippen LogP contribution in [0.4, 0.5) is 0 Å². The fourth-order valence-corrected chi connectivity index (χ4v) is 2.69. The lowest BCUT2D eigenvalue weighted by Gasteiger charge is -2.11. The number of hydrogen-bond acceptors (Lipinski definition) is 4. The molecule has 2 aromatic rings. The van der Waals surface area contributed by atoms with Crippen molar-refractivity contribution in [2.24, 2.45) is 0 Å². The summed E-state index contributed by atoms with van der Waals surface area (Å²) in [6.07, 6.45) is 5.92. The summed E-state index contributed by atoms with van der Waals surface area (Å²) in [5.74, 6) is 1.36. The minimum absolute atomic E-state index is 0.285. The molecule has 6 heteroatoms. The van der Waals surface area contributed by atoms with Gasteiger partial charge in [-0.05, 0) is 35.9 Å². The number of rotatable bonds is 6. The van der Waals surface area contributed by atoms with E-state index in [0.717, 1.165) is 28.5 Å². The predicted molar refractivity (Wildman–Crippen MR) is 101 cm³/mol. The fraction of sp³-hybridized carbons (Fsp3) is 0.200. The Hall–Kier alpha value is -3.28. The predicted octanol–water partition coefficient (Wildman–Crippen LogP) is 2.66. The number of likely N-dealkylation sites (N-methyl/N-ethyl adjacent to an activating group) is 1. The lowest BCUT2D eigenvalue weighted by atomic mass is 10.1. The molecular weight excluding hydrogens is 328 g/mol. The van der Waals surface area contributed by atoms with Gasteiger partial charge in [0.25, 0.3) is 5.91 Å². The number of hydrogen-bond donors (Lipinski definition) is 1. The van der Waals surface area contributed by atoms with Gasteiger partial charge in [-0.15, -0.1) is 0 Å². The molecule has 0 fully saturated rings. The molecule has 0 saturated carbocycles. The van der Waals surface area contributed by atoms with Crippen molar-refractivity contribution < 1.29 is 9.53 Å². The third-order valence-electron chi connectivity index (χ3n) is 4.23. The van der Waals surface area contributed by atoms with Crippen molar-refractivity contribution in [3.63, 3.8) is 0 Å². The van der Waals surface area contributed by atoms with Gasteiger partial charge in [0.1, 0.15) is 17.3 Å². The first-order valence-electron chi connectivity index (χ1n) is 8.19. The smallest absolute Gasteiger partial charge is 0.275 e. The lowest BCUT2D eigenvalue weighted by Crippen LogP contribution is -2.22. The molecule has 134 valence electrons. The fourth-order valence-electron chi connectivity index (χ4n) is 2.69. The molecule has 0 saturated heterocycles. The standard InChI is InChI=1S/C20H22N4O2/c1-13(6-7-14(2)23(3)4)21-20(25)17-12-24-18-9-8-16(26-5)10-15(18)11-19(24)22-17/h6-10,12H,1-2,11H2,3-5H3,(H,21,25)/b7-6-. The Kier molecular flexibility index (Phi) is 4.67. The third kappa shape index (κ3) is 3.39. The van der Waals surface area contributed by atoms with Crippen molar-refractivity contribution in [1.82, 2.24) is 19.8 Å². The lowest BCUT2D eigenvalue weighted by molar-refractivity contribution is 0.0962. The Morgan fingerprint density at radius 1 is 1.35 bits per heavy atom. The van der Waals surface area contributed by atoms with Gasteiger partial charge in [-0.3, -0.25) is 4.79 Å². The molecule has 1 aromatic heterocycles. The normalized spacial score (nSPS) is 11.8. The summed E-state index contributed by atoms with van der Waals surface area (Å²) in [7, 11) is 5.44. The summed E-state index contributed by atoms with van der Waals surface area (Å²) >= 11 is 0. The molecule has 26 heavy (non-hydrogen) atoms. The van der Waals surface area contributed by atoms with Crippen LogP contribution in [0.15, 0.2) is 61.1 Å². The Morgan fingerprint density at radius 3 is 2.81 bits per heavy atom. The van der Waals surface area contributed by atoms with Crippen molar-refractivity contribution >= 4 is 5.91 Å². The highest BCUT2D eigenvalue weighted by Gasteiger charge is 2.23. The molecule has 0 aliphatic carbocycles. The molecule has 1 aromatic carbocycles. The Balaban J connectivity index is 1.71. The molecule has 0 spiro atoms. The molecule has 1 aliphatic rings. The number of allylic oxidation sites excluding steroid dienone is 2. The quantitative estimate of drug-likeness (QED) is 0.695. The highest BCUT2D eigenvalue weighted by molar-refractivity contribution is 5.93. The molecule has 0 bridgehead atoms. The number of fused-ring (bicyclic) bond motifs is 3. The molecule has 2 heterocycles. The van der Waals surface area contributed by atoms with Gasteiger partial charge >= 0.3 is 0 Å². The van der Waals surface area contributed by atoms with Crippen LogP contribution in [0.1, 0.15) is 21.9 Å². The number of amides is 1. The van der Waals surface area contributed by atoms with E-state index in [9.17, 15) is 4.79 Å². The number of ether oxygens (including phenoxy) is 1. The summed E-state index contributed by atoms with van der Waals surface area (Å²) in [5, 5.41) is 2.75. The maximum Gasteiger partial charge on any atom is 0.275 e. The third-order valence-corrected chi connectivity index (χ3v) is 4.23. The van der Waals surface area contributed by atoms with Gasteiger partial charge < -0.3 is 19.5 Å². The minimum atomic E-state index is -0.285. The summed E-state index contributed by atoms with van der Waals surface area (Å²) in [5.41, 5.74) is 3.81. The van der Waals surface area contributed by atoms with Crippen LogP contribution in [0, 0.1) is 0 Å². The number of aromatic nitrogens is 2. The van der Waals surface area contributed by atoms with Gasteiger partial charge in [0.05, 0.1) is 12.8 Å². The van der Waals surface area contributed by atoms with E-state index >= 15 is 0 Å². The zero-order chi connectivity index (χ0) is 18.8. The van der Waals surface area contributed by atoms with E-state index < -0.39 is 0 Å².